The number of rotatable bonds is 6. The fourth-order valence-electron chi connectivity index (χ4n) is 5.84. The summed E-state index contributed by atoms with van der Waals surface area (Å²) < 4.78 is 0. The molecule has 0 N–H and O–H groups in total. The smallest absolute Gasteiger partial charge is 0.0212 e. The fourth-order valence-corrected chi connectivity index (χ4v) is 5.84. The maximum absolute atomic E-state index is 2.82. The Balaban J connectivity index is 1.17. The van der Waals surface area contributed by atoms with Crippen LogP contribution in [-0.2, 0) is 0 Å². The summed E-state index contributed by atoms with van der Waals surface area (Å²) in [5, 5.41) is 0. The summed E-state index contributed by atoms with van der Waals surface area (Å²) >= 11 is 0. The molecule has 1 aliphatic carbocycles. The summed E-state index contributed by atoms with van der Waals surface area (Å²) in [6.45, 7) is 19.1. The second kappa shape index (κ2) is 6.25. The summed E-state index contributed by atoms with van der Waals surface area (Å²) in [7, 11) is 0. The summed E-state index contributed by atoms with van der Waals surface area (Å²) in [4.78, 5) is 8.26. The zero-order chi connectivity index (χ0) is 16.9. The molecule has 1 spiro atoms. The number of nitrogens with zero attached hydrogens (tertiary/aromatic N) is 3. The van der Waals surface area contributed by atoms with E-state index in [9.17, 15) is 0 Å². The molecule has 138 valence electrons. The first-order valence-corrected chi connectivity index (χ1v) is 10.6. The molecule has 0 amide bonds. The Morgan fingerprint density at radius 2 is 1.54 bits per heavy atom. The van der Waals surface area contributed by atoms with Crippen molar-refractivity contribution < 1.29 is 0 Å². The molecule has 3 saturated heterocycles. The van der Waals surface area contributed by atoms with Gasteiger partial charge in [-0.3, -0.25) is 9.80 Å². The number of hydrogen-bond acceptors (Lipinski definition) is 3. The molecule has 24 heavy (non-hydrogen) atoms. The highest BCUT2D eigenvalue weighted by Gasteiger charge is 2.53. The molecule has 0 bridgehead atoms. The van der Waals surface area contributed by atoms with Gasteiger partial charge in [0.1, 0.15) is 0 Å². The van der Waals surface area contributed by atoms with Crippen molar-refractivity contribution in [1.82, 2.24) is 14.7 Å². The molecule has 0 atom stereocenters. The highest BCUT2D eigenvalue weighted by Crippen LogP contribution is 2.51. The normalized spacial score (nSPS) is 30.8. The largest absolute Gasteiger partial charge is 0.303 e. The number of likely N-dealkylation sites (tertiary alicyclic amines) is 3. The van der Waals surface area contributed by atoms with Gasteiger partial charge in [0.25, 0.3) is 0 Å². The molecule has 0 aromatic heterocycles. The maximum Gasteiger partial charge on any atom is 0.0212 e. The first kappa shape index (κ1) is 17.3. The minimum absolute atomic E-state index is 0.691. The van der Waals surface area contributed by atoms with Gasteiger partial charge in [0, 0.05) is 50.2 Å². The van der Waals surface area contributed by atoms with Crippen molar-refractivity contribution in [2.75, 3.05) is 45.8 Å². The van der Waals surface area contributed by atoms with Gasteiger partial charge in [0.2, 0.25) is 0 Å². The lowest BCUT2D eigenvalue weighted by Gasteiger charge is -2.63. The van der Waals surface area contributed by atoms with E-state index in [2.05, 4.69) is 42.4 Å². The molecule has 4 fully saturated rings. The topological polar surface area (TPSA) is 9.72 Å². The van der Waals surface area contributed by atoms with Gasteiger partial charge >= 0.3 is 0 Å². The molecule has 4 rings (SSSR count). The van der Waals surface area contributed by atoms with Crippen LogP contribution in [0.1, 0.15) is 59.8 Å². The summed E-state index contributed by atoms with van der Waals surface area (Å²) in [6, 6.07) is 1.63. The molecular weight excluding hydrogens is 294 g/mol. The van der Waals surface area contributed by atoms with Crippen LogP contribution in [0, 0.1) is 16.7 Å². The van der Waals surface area contributed by atoms with Crippen molar-refractivity contribution in [3.63, 3.8) is 0 Å². The van der Waals surface area contributed by atoms with E-state index < -0.39 is 0 Å². The van der Waals surface area contributed by atoms with Crippen molar-refractivity contribution in [2.45, 2.75) is 71.9 Å². The quantitative estimate of drug-likeness (QED) is 0.738. The molecule has 0 aromatic rings. The Hall–Kier alpha value is -0.120. The monoisotopic (exact) mass is 333 g/mol. The minimum Gasteiger partial charge on any atom is -0.303 e. The van der Waals surface area contributed by atoms with Crippen LogP contribution in [0.4, 0.5) is 0 Å². The second-order valence-electron chi connectivity index (χ2n) is 10.5. The zero-order valence-electron chi connectivity index (χ0n) is 16.6. The number of piperidine rings is 1. The van der Waals surface area contributed by atoms with Gasteiger partial charge in [0.05, 0.1) is 0 Å². The third-order valence-corrected chi connectivity index (χ3v) is 7.32. The van der Waals surface area contributed by atoms with Gasteiger partial charge in [-0.25, -0.2) is 0 Å². The van der Waals surface area contributed by atoms with E-state index in [-0.39, 0.29) is 0 Å². The van der Waals surface area contributed by atoms with E-state index in [4.69, 9.17) is 0 Å². The van der Waals surface area contributed by atoms with Crippen LogP contribution in [0.3, 0.4) is 0 Å². The first-order valence-electron chi connectivity index (χ1n) is 10.6. The van der Waals surface area contributed by atoms with Crippen LogP contribution in [0.2, 0.25) is 0 Å². The average molecular weight is 334 g/mol. The third-order valence-electron chi connectivity index (χ3n) is 7.32. The van der Waals surface area contributed by atoms with Crippen LogP contribution >= 0.6 is 0 Å². The average Bonchev–Trinajstić information content (AvgIpc) is 3.15. The fraction of sp³-hybridized carbons (Fsp3) is 1.00. The molecule has 0 unspecified atom stereocenters. The van der Waals surface area contributed by atoms with Crippen molar-refractivity contribution >= 4 is 0 Å². The maximum atomic E-state index is 2.82. The predicted octanol–water partition coefficient (Wildman–Crippen LogP) is 3.30. The molecule has 3 heteroatoms. The molecule has 1 saturated carbocycles. The molecular formula is C21H39N3. The molecule has 3 aliphatic heterocycles. The van der Waals surface area contributed by atoms with Gasteiger partial charge in [-0.05, 0) is 70.4 Å². The van der Waals surface area contributed by atoms with Crippen LogP contribution < -0.4 is 0 Å². The van der Waals surface area contributed by atoms with Gasteiger partial charge < -0.3 is 4.90 Å². The highest BCUT2D eigenvalue weighted by molar-refractivity contribution is 5.08. The molecule has 4 aliphatic rings. The Bertz CT molecular complexity index is 432. The molecule has 0 aromatic carbocycles. The van der Waals surface area contributed by atoms with E-state index in [0.29, 0.717) is 10.8 Å². The summed E-state index contributed by atoms with van der Waals surface area (Å²) in [6.07, 6.45) is 7.27. The summed E-state index contributed by atoms with van der Waals surface area (Å²) in [5.74, 6) is 0.871. The van der Waals surface area contributed by atoms with Crippen LogP contribution in [-0.4, -0.2) is 72.6 Å². The Morgan fingerprint density at radius 3 is 2.04 bits per heavy atom. The lowest BCUT2D eigenvalue weighted by Crippen LogP contribution is -2.74. The van der Waals surface area contributed by atoms with E-state index in [1.165, 1.54) is 77.9 Å². The van der Waals surface area contributed by atoms with E-state index in [1.54, 1.807) is 0 Å². The van der Waals surface area contributed by atoms with Crippen molar-refractivity contribution in [1.29, 1.82) is 0 Å². The van der Waals surface area contributed by atoms with Gasteiger partial charge in [-0.2, -0.15) is 0 Å². The highest BCUT2D eigenvalue weighted by atomic mass is 15.3. The molecule has 0 radical (unpaired) electrons. The lowest BCUT2D eigenvalue weighted by atomic mass is 9.71. The molecule has 3 nitrogen and oxygen atoms in total. The van der Waals surface area contributed by atoms with Crippen molar-refractivity contribution in [3.8, 4) is 0 Å². The predicted molar refractivity (Wildman–Crippen MR) is 101 cm³/mol. The van der Waals surface area contributed by atoms with Crippen LogP contribution in [0.25, 0.3) is 0 Å². The van der Waals surface area contributed by atoms with E-state index in [1.807, 2.05) is 0 Å². The Kier molecular flexibility index (Phi) is 4.50. The second-order valence-corrected chi connectivity index (χ2v) is 10.5. The molecule has 3 heterocycles. The standard InChI is InChI=1S/C21H39N3/c1-17(2)11-20(7-8-20)12-22-9-5-19(6-10-22)24-15-21(16-24)13-23(14-21)18(3)4/h17-19H,5-16H2,1-4H3. The summed E-state index contributed by atoms with van der Waals surface area (Å²) in [5.41, 5.74) is 1.41. The third kappa shape index (κ3) is 3.41. The zero-order valence-corrected chi connectivity index (χ0v) is 16.6. The van der Waals surface area contributed by atoms with Gasteiger partial charge in [-0.15, -0.1) is 0 Å². The number of hydrogen-bond donors (Lipinski definition) is 0. The van der Waals surface area contributed by atoms with Crippen molar-refractivity contribution in [2.24, 2.45) is 16.7 Å². The van der Waals surface area contributed by atoms with Gasteiger partial charge in [0.15, 0.2) is 0 Å². The first-order chi connectivity index (χ1) is 11.4. The van der Waals surface area contributed by atoms with E-state index in [0.717, 1.165) is 18.0 Å². The lowest BCUT2D eigenvalue weighted by molar-refractivity contribution is -0.144. The van der Waals surface area contributed by atoms with Crippen LogP contribution in [0.15, 0.2) is 0 Å². The van der Waals surface area contributed by atoms with Crippen molar-refractivity contribution in [3.05, 3.63) is 0 Å². The van der Waals surface area contributed by atoms with Gasteiger partial charge in [-0.1, -0.05) is 13.8 Å². The Morgan fingerprint density at radius 1 is 0.917 bits per heavy atom. The van der Waals surface area contributed by atoms with E-state index >= 15 is 0 Å². The SMILES string of the molecule is CC(C)CC1(CN2CCC(N3CC4(CN(C(C)C)C4)C3)CC2)CC1. The minimum atomic E-state index is 0.691. The van der Waals surface area contributed by atoms with Crippen LogP contribution in [0.5, 0.6) is 0 Å². The Labute approximate surface area is 149 Å².